The zero-order chi connectivity index (χ0) is 13.1. The Labute approximate surface area is 118 Å². The van der Waals surface area contributed by atoms with Gasteiger partial charge in [0.25, 0.3) is 0 Å². The molecule has 0 aliphatic rings. The van der Waals surface area contributed by atoms with Crippen molar-refractivity contribution >= 4 is 23.2 Å². The molecular formula is C15H15Cl2N. The maximum atomic E-state index is 6.09. The molecule has 0 saturated heterocycles. The normalized spacial score (nSPS) is 10.7. The molecule has 18 heavy (non-hydrogen) atoms. The summed E-state index contributed by atoms with van der Waals surface area (Å²) in [6.45, 7) is 2.92. The van der Waals surface area contributed by atoms with E-state index >= 15 is 0 Å². The molecule has 2 aromatic carbocycles. The van der Waals surface area contributed by atoms with Crippen molar-refractivity contribution in [2.75, 3.05) is 7.05 Å². The van der Waals surface area contributed by atoms with Gasteiger partial charge in [-0.2, -0.15) is 0 Å². The Kier molecular flexibility index (Phi) is 4.28. The lowest BCUT2D eigenvalue weighted by molar-refractivity contribution is 0.819. The van der Waals surface area contributed by atoms with Crippen molar-refractivity contribution in [3.63, 3.8) is 0 Å². The minimum atomic E-state index is 0.586. The van der Waals surface area contributed by atoms with E-state index in [1.54, 1.807) is 0 Å². The highest BCUT2D eigenvalue weighted by Crippen LogP contribution is 2.31. The van der Waals surface area contributed by atoms with Crippen LogP contribution in [0, 0.1) is 6.92 Å². The summed E-state index contributed by atoms with van der Waals surface area (Å²) in [7, 11) is 1.94. The maximum absolute atomic E-state index is 6.09. The average molecular weight is 280 g/mol. The van der Waals surface area contributed by atoms with Crippen LogP contribution in [0.4, 0.5) is 0 Å². The lowest BCUT2D eigenvalue weighted by atomic mass is 9.97. The summed E-state index contributed by atoms with van der Waals surface area (Å²) in [4.78, 5) is 0. The average Bonchev–Trinajstić information content (AvgIpc) is 2.35. The van der Waals surface area contributed by atoms with Gasteiger partial charge >= 0.3 is 0 Å². The quantitative estimate of drug-likeness (QED) is 0.860. The van der Waals surface area contributed by atoms with Gasteiger partial charge in [0, 0.05) is 6.54 Å². The third-order valence-corrected chi connectivity index (χ3v) is 3.60. The maximum Gasteiger partial charge on any atom is 0.0598 e. The van der Waals surface area contributed by atoms with Gasteiger partial charge in [-0.3, -0.25) is 0 Å². The highest BCUT2D eigenvalue weighted by Gasteiger charge is 2.07. The van der Waals surface area contributed by atoms with Crippen LogP contribution in [-0.2, 0) is 6.54 Å². The van der Waals surface area contributed by atoms with E-state index in [9.17, 15) is 0 Å². The number of aryl methyl sites for hydroxylation is 1. The van der Waals surface area contributed by atoms with Crippen LogP contribution in [0.3, 0.4) is 0 Å². The summed E-state index contributed by atoms with van der Waals surface area (Å²) in [5.74, 6) is 0. The van der Waals surface area contributed by atoms with Crippen molar-refractivity contribution in [3.05, 3.63) is 57.6 Å². The Morgan fingerprint density at radius 2 is 1.78 bits per heavy atom. The van der Waals surface area contributed by atoms with E-state index < -0.39 is 0 Å². The molecule has 0 aromatic heterocycles. The Morgan fingerprint density at radius 3 is 2.44 bits per heavy atom. The summed E-state index contributed by atoms with van der Waals surface area (Å²) < 4.78 is 0. The Morgan fingerprint density at radius 1 is 1.00 bits per heavy atom. The molecule has 1 nitrogen and oxygen atoms in total. The topological polar surface area (TPSA) is 12.0 Å². The first-order valence-electron chi connectivity index (χ1n) is 5.81. The highest BCUT2D eigenvalue weighted by atomic mass is 35.5. The smallest absolute Gasteiger partial charge is 0.0598 e. The standard InChI is InChI=1S/C15H15Cl2N/c1-10-3-4-12(9-18-2)13(7-10)11-5-6-14(16)15(17)8-11/h3-8,18H,9H2,1-2H3. The molecule has 0 saturated carbocycles. The minimum absolute atomic E-state index is 0.586. The largest absolute Gasteiger partial charge is 0.316 e. The Bertz CT molecular complexity index is 564. The van der Waals surface area contributed by atoms with Gasteiger partial charge in [-0.05, 0) is 42.8 Å². The fourth-order valence-corrected chi connectivity index (χ4v) is 2.27. The van der Waals surface area contributed by atoms with Crippen LogP contribution in [0.5, 0.6) is 0 Å². The number of halogens is 2. The van der Waals surface area contributed by atoms with Crippen LogP contribution >= 0.6 is 23.2 Å². The van der Waals surface area contributed by atoms with Crippen LogP contribution < -0.4 is 5.32 Å². The van der Waals surface area contributed by atoms with E-state index in [4.69, 9.17) is 23.2 Å². The van der Waals surface area contributed by atoms with Crippen molar-refractivity contribution in [1.29, 1.82) is 0 Å². The van der Waals surface area contributed by atoms with Crippen molar-refractivity contribution in [3.8, 4) is 11.1 Å². The van der Waals surface area contributed by atoms with E-state index in [1.807, 2.05) is 25.2 Å². The van der Waals surface area contributed by atoms with Crippen molar-refractivity contribution in [2.24, 2.45) is 0 Å². The van der Waals surface area contributed by atoms with Gasteiger partial charge in [-0.25, -0.2) is 0 Å². The van der Waals surface area contributed by atoms with E-state index in [0.717, 1.165) is 12.1 Å². The summed E-state index contributed by atoms with van der Waals surface area (Å²) in [5.41, 5.74) is 4.78. The van der Waals surface area contributed by atoms with Gasteiger partial charge in [0.1, 0.15) is 0 Å². The molecule has 0 heterocycles. The van der Waals surface area contributed by atoms with Crippen molar-refractivity contribution in [1.82, 2.24) is 5.32 Å². The molecule has 0 aliphatic carbocycles. The summed E-state index contributed by atoms with van der Waals surface area (Å²) >= 11 is 12.0. The first kappa shape index (κ1) is 13.4. The molecule has 2 rings (SSSR count). The molecule has 3 heteroatoms. The van der Waals surface area contributed by atoms with Crippen LogP contribution in [0.2, 0.25) is 10.0 Å². The lowest BCUT2D eigenvalue weighted by Crippen LogP contribution is -2.06. The van der Waals surface area contributed by atoms with Crippen LogP contribution in [0.25, 0.3) is 11.1 Å². The Hall–Kier alpha value is -1.02. The number of hydrogen-bond donors (Lipinski definition) is 1. The predicted molar refractivity (Wildman–Crippen MR) is 79.4 cm³/mol. The molecule has 0 bridgehead atoms. The summed E-state index contributed by atoms with van der Waals surface area (Å²) in [6.07, 6.45) is 0. The fourth-order valence-electron chi connectivity index (χ4n) is 1.97. The van der Waals surface area contributed by atoms with Crippen LogP contribution in [0.15, 0.2) is 36.4 Å². The van der Waals surface area contributed by atoms with E-state index in [-0.39, 0.29) is 0 Å². The zero-order valence-corrected chi connectivity index (χ0v) is 11.9. The monoisotopic (exact) mass is 279 g/mol. The van der Waals surface area contributed by atoms with Crippen molar-refractivity contribution < 1.29 is 0 Å². The SMILES string of the molecule is CNCc1ccc(C)cc1-c1ccc(Cl)c(Cl)c1. The molecule has 0 unspecified atom stereocenters. The third kappa shape index (κ3) is 2.86. The van der Waals surface area contributed by atoms with Gasteiger partial charge in [-0.1, -0.05) is 53.0 Å². The second kappa shape index (κ2) is 5.75. The molecule has 0 spiro atoms. The van der Waals surface area contributed by atoms with Gasteiger partial charge in [0.15, 0.2) is 0 Å². The number of rotatable bonds is 3. The molecule has 0 amide bonds. The number of benzene rings is 2. The molecule has 1 N–H and O–H groups in total. The number of nitrogens with one attached hydrogen (secondary N) is 1. The minimum Gasteiger partial charge on any atom is -0.316 e. The first-order chi connectivity index (χ1) is 8.61. The summed E-state index contributed by atoms with van der Waals surface area (Å²) in [5, 5.41) is 4.36. The molecule has 0 atom stereocenters. The molecule has 0 radical (unpaired) electrons. The summed E-state index contributed by atoms with van der Waals surface area (Å²) in [6, 6.07) is 12.2. The molecule has 0 fully saturated rings. The van der Waals surface area contributed by atoms with E-state index in [2.05, 4.69) is 30.4 Å². The molecule has 2 aromatic rings. The molecular weight excluding hydrogens is 265 g/mol. The predicted octanol–water partition coefficient (Wildman–Crippen LogP) is 4.69. The van der Waals surface area contributed by atoms with E-state index in [1.165, 1.54) is 16.7 Å². The lowest BCUT2D eigenvalue weighted by Gasteiger charge is -2.11. The molecule has 94 valence electrons. The van der Waals surface area contributed by atoms with Crippen LogP contribution in [-0.4, -0.2) is 7.05 Å². The third-order valence-electron chi connectivity index (χ3n) is 2.86. The Balaban J connectivity index is 2.54. The second-order valence-corrected chi connectivity index (χ2v) is 5.13. The van der Waals surface area contributed by atoms with Gasteiger partial charge < -0.3 is 5.32 Å². The number of hydrogen-bond acceptors (Lipinski definition) is 1. The van der Waals surface area contributed by atoms with E-state index in [0.29, 0.717) is 10.0 Å². The second-order valence-electron chi connectivity index (χ2n) is 4.32. The fraction of sp³-hybridized carbons (Fsp3) is 0.200. The first-order valence-corrected chi connectivity index (χ1v) is 6.57. The van der Waals surface area contributed by atoms with Gasteiger partial charge in [0.05, 0.1) is 10.0 Å². The zero-order valence-electron chi connectivity index (χ0n) is 10.4. The molecule has 0 aliphatic heterocycles. The van der Waals surface area contributed by atoms with Crippen molar-refractivity contribution in [2.45, 2.75) is 13.5 Å². The van der Waals surface area contributed by atoms with Gasteiger partial charge in [-0.15, -0.1) is 0 Å². The highest BCUT2D eigenvalue weighted by molar-refractivity contribution is 6.42. The van der Waals surface area contributed by atoms with Crippen LogP contribution in [0.1, 0.15) is 11.1 Å². The van der Waals surface area contributed by atoms with Gasteiger partial charge in [0.2, 0.25) is 0 Å².